The van der Waals surface area contributed by atoms with Gasteiger partial charge in [-0.3, -0.25) is 4.79 Å². The highest BCUT2D eigenvalue weighted by Crippen LogP contribution is 2.36. The molecule has 0 aliphatic carbocycles. The second kappa shape index (κ2) is 7.13. The summed E-state index contributed by atoms with van der Waals surface area (Å²) in [5.41, 5.74) is 9.58. The fourth-order valence-electron chi connectivity index (χ4n) is 3.18. The summed E-state index contributed by atoms with van der Waals surface area (Å²) >= 11 is 2.94. The molecule has 132 valence electrons. The number of nitrogens with zero attached hydrogens (tertiary/aromatic N) is 1. The van der Waals surface area contributed by atoms with Crippen LogP contribution in [0.5, 0.6) is 0 Å². The number of aromatic nitrogens is 2. The molecule has 0 spiro atoms. The summed E-state index contributed by atoms with van der Waals surface area (Å²) in [7, 11) is 0. The molecule has 0 saturated heterocycles. The normalized spacial score (nSPS) is 22.1. The number of ketones is 1. The third kappa shape index (κ3) is 3.22. The Hall–Kier alpha value is -2.31. The van der Waals surface area contributed by atoms with Crippen molar-refractivity contribution in [2.45, 2.75) is 19.8 Å². The summed E-state index contributed by atoms with van der Waals surface area (Å²) in [5.74, 6) is 0.445. The Morgan fingerprint density at radius 2 is 2.19 bits per heavy atom. The molecule has 6 heteroatoms. The minimum atomic E-state index is 0.0652. The fraction of sp³-hybridized carbons (Fsp3) is 0.200. The zero-order chi connectivity index (χ0) is 18.1. The number of aromatic amines is 1. The lowest BCUT2D eigenvalue weighted by atomic mass is 9.95. The van der Waals surface area contributed by atoms with Gasteiger partial charge in [0.15, 0.2) is 5.13 Å². The predicted molar refractivity (Wildman–Crippen MR) is 111 cm³/mol. The van der Waals surface area contributed by atoms with E-state index in [0.29, 0.717) is 11.0 Å². The van der Waals surface area contributed by atoms with Gasteiger partial charge in [0.25, 0.3) is 0 Å². The molecule has 1 aromatic carbocycles. The van der Waals surface area contributed by atoms with Crippen molar-refractivity contribution in [2.75, 3.05) is 5.73 Å². The number of hydrogen-bond acceptors (Lipinski definition) is 5. The topological polar surface area (TPSA) is 71.8 Å². The standard InChI is InChI=1S/C20H19N3OS2/c1-12-5-4-8-18(25-10-15(12)17-11-26-20(21)23-17)19(24)14-9-22-16-7-3-2-6-13(14)16/h2-3,6-12,22H,4-5H2,1H3,(H2,21,23)/b15-10+,18-8+/t12-/m1/s1. The minimum absolute atomic E-state index is 0.0652. The Balaban J connectivity index is 1.65. The largest absolute Gasteiger partial charge is 0.375 e. The molecule has 0 saturated carbocycles. The van der Waals surface area contributed by atoms with Crippen molar-refractivity contribution >= 4 is 50.5 Å². The van der Waals surface area contributed by atoms with Crippen LogP contribution in [0.1, 0.15) is 35.8 Å². The molecule has 2 aromatic heterocycles. The number of H-pyrrole nitrogens is 1. The smallest absolute Gasteiger partial charge is 0.201 e. The van der Waals surface area contributed by atoms with Crippen molar-refractivity contribution in [3.8, 4) is 0 Å². The van der Waals surface area contributed by atoms with Crippen LogP contribution in [0.3, 0.4) is 0 Å². The first-order chi connectivity index (χ1) is 12.6. The molecule has 3 N–H and O–H groups in total. The van der Waals surface area contributed by atoms with E-state index in [-0.39, 0.29) is 5.78 Å². The Kier molecular flexibility index (Phi) is 4.70. The molecule has 0 unspecified atom stereocenters. The quantitative estimate of drug-likeness (QED) is 0.590. The lowest BCUT2D eigenvalue weighted by Gasteiger charge is -2.17. The van der Waals surface area contributed by atoms with Crippen molar-refractivity contribution in [3.05, 3.63) is 63.5 Å². The Morgan fingerprint density at radius 1 is 1.35 bits per heavy atom. The second-order valence-electron chi connectivity index (χ2n) is 6.39. The zero-order valence-electron chi connectivity index (χ0n) is 14.4. The number of nitrogens with one attached hydrogen (secondary N) is 1. The molecular weight excluding hydrogens is 362 g/mol. The zero-order valence-corrected chi connectivity index (χ0v) is 16.0. The van der Waals surface area contributed by atoms with Crippen LogP contribution in [0, 0.1) is 5.92 Å². The number of nitrogens with two attached hydrogens (primary N) is 1. The van der Waals surface area contributed by atoms with Gasteiger partial charge < -0.3 is 10.7 Å². The van der Waals surface area contributed by atoms with E-state index in [0.717, 1.165) is 45.5 Å². The van der Waals surface area contributed by atoms with Crippen molar-refractivity contribution in [3.63, 3.8) is 0 Å². The van der Waals surface area contributed by atoms with Crippen LogP contribution in [-0.2, 0) is 0 Å². The number of nitrogen functional groups attached to an aromatic ring is 1. The van der Waals surface area contributed by atoms with Crippen LogP contribution >= 0.6 is 23.1 Å². The van der Waals surface area contributed by atoms with E-state index in [9.17, 15) is 4.79 Å². The lowest BCUT2D eigenvalue weighted by Crippen LogP contribution is -2.04. The number of allylic oxidation sites excluding steroid dienone is 3. The summed E-state index contributed by atoms with van der Waals surface area (Å²) in [6.45, 7) is 2.20. The third-order valence-electron chi connectivity index (χ3n) is 4.65. The van der Waals surface area contributed by atoms with Crippen LogP contribution in [0.15, 0.2) is 52.2 Å². The number of carbonyl (C=O) groups excluding carboxylic acids is 1. The van der Waals surface area contributed by atoms with Gasteiger partial charge in [-0.25, -0.2) is 4.98 Å². The molecular formula is C20H19N3OS2. The van der Waals surface area contributed by atoms with Gasteiger partial charge in [-0.2, -0.15) is 0 Å². The van der Waals surface area contributed by atoms with Crippen molar-refractivity contribution in [1.82, 2.24) is 9.97 Å². The van der Waals surface area contributed by atoms with E-state index >= 15 is 0 Å². The lowest BCUT2D eigenvalue weighted by molar-refractivity contribution is 0.104. The van der Waals surface area contributed by atoms with Gasteiger partial charge >= 0.3 is 0 Å². The van der Waals surface area contributed by atoms with Crippen molar-refractivity contribution in [1.29, 1.82) is 0 Å². The number of benzene rings is 1. The average Bonchev–Trinajstić information content (AvgIpc) is 3.24. The van der Waals surface area contributed by atoms with Crippen LogP contribution in [0.2, 0.25) is 0 Å². The molecule has 4 nitrogen and oxygen atoms in total. The molecule has 3 heterocycles. The van der Waals surface area contributed by atoms with E-state index in [1.54, 1.807) is 0 Å². The van der Waals surface area contributed by atoms with Gasteiger partial charge in [-0.05, 0) is 35.8 Å². The van der Waals surface area contributed by atoms with Gasteiger partial charge in [0.2, 0.25) is 5.78 Å². The van der Waals surface area contributed by atoms with E-state index in [1.165, 1.54) is 23.1 Å². The van der Waals surface area contributed by atoms with Crippen LogP contribution in [0.4, 0.5) is 5.13 Å². The van der Waals surface area contributed by atoms with Crippen molar-refractivity contribution < 1.29 is 4.79 Å². The van der Waals surface area contributed by atoms with E-state index in [1.807, 2.05) is 35.8 Å². The number of para-hydroxylation sites is 1. The van der Waals surface area contributed by atoms with Gasteiger partial charge in [0, 0.05) is 28.0 Å². The molecule has 1 aliphatic rings. The number of fused-ring (bicyclic) bond motifs is 1. The molecule has 26 heavy (non-hydrogen) atoms. The summed E-state index contributed by atoms with van der Waals surface area (Å²) in [6, 6.07) is 7.89. The Labute approximate surface area is 160 Å². The number of thioether (sulfide) groups is 1. The summed E-state index contributed by atoms with van der Waals surface area (Å²) in [5, 5.41) is 5.60. The maximum atomic E-state index is 13.1. The molecule has 0 fully saturated rings. The molecule has 4 rings (SSSR count). The molecule has 1 aliphatic heterocycles. The van der Waals surface area contributed by atoms with E-state index in [2.05, 4.69) is 28.4 Å². The monoisotopic (exact) mass is 381 g/mol. The number of Topliss-reactive ketones (excluding diaryl/α,β-unsaturated/α-hetero) is 1. The summed E-state index contributed by atoms with van der Waals surface area (Å²) in [4.78, 5) is 21.5. The molecule has 0 amide bonds. The first-order valence-corrected chi connectivity index (χ1v) is 10.3. The maximum absolute atomic E-state index is 13.1. The van der Waals surface area contributed by atoms with E-state index < -0.39 is 0 Å². The average molecular weight is 382 g/mol. The number of rotatable bonds is 3. The highest BCUT2D eigenvalue weighted by atomic mass is 32.2. The first kappa shape index (κ1) is 17.1. The Bertz CT molecular complexity index is 1030. The third-order valence-corrected chi connectivity index (χ3v) is 6.30. The van der Waals surface area contributed by atoms with Gasteiger partial charge in [-0.1, -0.05) is 43.0 Å². The minimum Gasteiger partial charge on any atom is -0.375 e. The number of hydrogen-bond donors (Lipinski definition) is 2. The Morgan fingerprint density at radius 3 is 3.00 bits per heavy atom. The van der Waals surface area contributed by atoms with Crippen molar-refractivity contribution in [2.24, 2.45) is 5.92 Å². The van der Waals surface area contributed by atoms with Crippen LogP contribution < -0.4 is 5.73 Å². The van der Waals surface area contributed by atoms with Gasteiger partial charge in [0.05, 0.1) is 10.6 Å². The first-order valence-electron chi connectivity index (χ1n) is 8.52. The SMILES string of the molecule is C[C@@H]1CC/C=C(\C(=O)c2c[nH]c3ccccc23)S/C=C\1c1csc(N)n1. The highest BCUT2D eigenvalue weighted by Gasteiger charge is 2.20. The maximum Gasteiger partial charge on any atom is 0.201 e. The van der Waals surface area contributed by atoms with Gasteiger partial charge in [-0.15, -0.1) is 11.3 Å². The number of anilines is 1. The molecule has 0 bridgehead atoms. The number of carbonyl (C=O) groups is 1. The predicted octanol–water partition coefficient (Wildman–Crippen LogP) is 5.48. The molecule has 3 aromatic rings. The number of thiazole rings is 1. The van der Waals surface area contributed by atoms with E-state index in [4.69, 9.17) is 5.73 Å². The summed E-state index contributed by atoms with van der Waals surface area (Å²) < 4.78 is 0. The second-order valence-corrected chi connectivity index (χ2v) is 8.19. The van der Waals surface area contributed by atoms with Crippen LogP contribution in [-0.4, -0.2) is 15.8 Å². The van der Waals surface area contributed by atoms with Gasteiger partial charge in [0.1, 0.15) is 0 Å². The fourth-order valence-corrected chi connectivity index (χ4v) is 4.79. The highest BCUT2D eigenvalue weighted by molar-refractivity contribution is 8.06. The van der Waals surface area contributed by atoms with Crippen LogP contribution in [0.25, 0.3) is 16.5 Å². The molecule has 1 atom stereocenters. The summed E-state index contributed by atoms with van der Waals surface area (Å²) in [6.07, 6.45) is 5.72. The molecule has 0 radical (unpaired) electrons.